The molecule has 1 N–H and O–H groups in total. The smallest absolute Gasteiger partial charge is 0.126 e. The van der Waals surface area contributed by atoms with Crippen molar-refractivity contribution in [3.05, 3.63) is 35.4 Å². The van der Waals surface area contributed by atoms with Crippen molar-refractivity contribution in [3.63, 3.8) is 0 Å². The minimum Gasteiger partial charge on any atom is -0.381 e. The van der Waals surface area contributed by atoms with Crippen LogP contribution in [0.25, 0.3) is 0 Å². The van der Waals surface area contributed by atoms with Crippen molar-refractivity contribution < 1.29 is 13.5 Å². The predicted octanol–water partition coefficient (Wildman–Crippen LogP) is 2.52. The Bertz CT molecular complexity index is 377. The highest BCUT2D eigenvalue weighted by Gasteiger charge is 2.32. The van der Waals surface area contributed by atoms with Gasteiger partial charge in [0.2, 0.25) is 0 Å². The third-order valence-electron chi connectivity index (χ3n) is 3.61. The van der Waals surface area contributed by atoms with Gasteiger partial charge in [-0.25, -0.2) is 8.78 Å². The molecule has 0 spiro atoms. The van der Waals surface area contributed by atoms with Crippen LogP contribution in [0.4, 0.5) is 8.78 Å². The molecule has 0 saturated carbocycles. The first-order valence-electron chi connectivity index (χ1n) is 6.31. The molecule has 2 nitrogen and oxygen atoms in total. The van der Waals surface area contributed by atoms with Gasteiger partial charge in [0.05, 0.1) is 0 Å². The third-order valence-corrected chi connectivity index (χ3v) is 3.61. The number of rotatable bonds is 4. The molecule has 0 aliphatic carbocycles. The Labute approximate surface area is 106 Å². The van der Waals surface area contributed by atoms with Crippen LogP contribution in [-0.2, 0) is 11.2 Å². The van der Waals surface area contributed by atoms with Crippen LogP contribution in [0.1, 0.15) is 18.4 Å². The van der Waals surface area contributed by atoms with Crippen molar-refractivity contribution in [1.29, 1.82) is 0 Å². The maximum absolute atomic E-state index is 13.2. The highest BCUT2D eigenvalue weighted by atomic mass is 19.1. The quantitative estimate of drug-likeness (QED) is 0.892. The van der Waals surface area contributed by atoms with E-state index in [4.69, 9.17) is 4.74 Å². The highest BCUT2D eigenvalue weighted by molar-refractivity contribution is 5.19. The Morgan fingerprint density at radius 1 is 1.17 bits per heavy atom. The minimum atomic E-state index is -0.503. The third kappa shape index (κ3) is 3.27. The first kappa shape index (κ1) is 13.4. The Morgan fingerprint density at radius 3 is 2.33 bits per heavy atom. The van der Waals surface area contributed by atoms with Crippen molar-refractivity contribution >= 4 is 0 Å². The zero-order valence-corrected chi connectivity index (χ0v) is 10.6. The van der Waals surface area contributed by atoms with Crippen LogP contribution in [0.2, 0.25) is 0 Å². The second-order valence-corrected chi connectivity index (χ2v) is 5.10. The van der Waals surface area contributed by atoms with Gasteiger partial charge in [-0.2, -0.15) is 0 Å². The molecule has 0 bridgehead atoms. The second-order valence-electron chi connectivity index (χ2n) is 5.10. The van der Waals surface area contributed by atoms with Gasteiger partial charge in [-0.15, -0.1) is 0 Å². The zero-order chi connectivity index (χ0) is 13.0. The fourth-order valence-electron chi connectivity index (χ4n) is 2.74. The van der Waals surface area contributed by atoms with E-state index in [-0.39, 0.29) is 5.41 Å². The summed E-state index contributed by atoms with van der Waals surface area (Å²) in [6, 6.07) is 3.77. The summed E-state index contributed by atoms with van der Waals surface area (Å²) in [5.74, 6) is -1.01. The van der Waals surface area contributed by atoms with Gasteiger partial charge in [0.1, 0.15) is 11.6 Å². The summed E-state index contributed by atoms with van der Waals surface area (Å²) >= 11 is 0. The van der Waals surface area contributed by atoms with Gasteiger partial charge < -0.3 is 10.1 Å². The molecule has 1 heterocycles. The van der Waals surface area contributed by atoms with Crippen molar-refractivity contribution in [2.24, 2.45) is 5.41 Å². The number of hydrogen-bond donors (Lipinski definition) is 1. The molecule has 0 atom stereocenters. The van der Waals surface area contributed by atoms with E-state index in [1.807, 2.05) is 7.05 Å². The largest absolute Gasteiger partial charge is 0.381 e. The first-order valence-corrected chi connectivity index (χ1v) is 6.31. The average molecular weight is 255 g/mol. The lowest BCUT2D eigenvalue weighted by Crippen LogP contribution is -2.39. The Balaban J connectivity index is 2.17. The van der Waals surface area contributed by atoms with Crippen LogP contribution in [0.3, 0.4) is 0 Å². The van der Waals surface area contributed by atoms with Gasteiger partial charge in [0, 0.05) is 25.8 Å². The lowest BCUT2D eigenvalue weighted by atomic mass is 9.75. The molecule has 1 fully saturated rings. The fourth-order valence-corrected chi connectivity index (χ4v) is 2.74. The summed E-state index contributed by atoms with van der Waals surface area (Å²) in [7, 11) is 1.91. The van der Waals surface area contributed by atoms with E-state index in [1.165, 1.54) is 12.1 Å². The Morgan fingerprint density at radius 2 is 1.78 bits per heavy atom. The molecule has 1 aromatic carbocycles. The molecular formula is C14H19F2NO. The average Bonchev–Trinajstić information content (AvgIpc) is 2.28. The van der Waals surface area contributed by atoms with E-state index in [9.17, 15) is 8.78 Å². The molecule has 0 unspecified atom stereocenters. The molecule has 2 rings (SSSR count). The normalized spacial score (nSPS) is 18.8. The van der Waals surface area contributed by atoms with E-state index in [0.29, 0.717) is 6.42 Å². The summed E-state index contributed by atoms with van der Waals surface area (Å²) in [6.07, 6.45) is 2.53. The van der Waals surface area contributed by atoms with E-state index < -0.39 is 11.6 Å². The Hall–Kier alpha value is -1.00. The molecule has 1 saturated heterocycles. The number of nitrogens with one attached hydrogen (secondary N) is 1. The predicted molar refractivity (Wildman–Crippen MR) is 66.5 cm³/mol. The van der Waals surface area contributed by atoms with Gasteiger partial charge in [0.25, 0.3) is 0 Å². The summed E-state index contributed by atoms with van der Waals surface area (Å²) in [5, 5.41) is 3.18. The first-order chi connectivity index (χ1) is 8.63. The molecule has 0 aromatic heterocycles. The maximum Gasteiger partial charge on any atom is 0.126 e. The summed E-state index contributed by atoms with van der Waals surface area (Å²) in [4.78, 5) is 0. The van der Waals surface area contributed by atoms with Gasteiger partial charge >= 0.3 is 0 Å². The van der Waals surface area contributed by atoms with Crippen LogP contribution in [0.5, 0.6) is 0 Å². The van der Waals surface area contributed by atoms with Gasteiger partial charge in [-0.05, 0) is 49.4 Å². The van der Waals surface area contributed by atoms with Crippen LogP contribution >= 0.6 is 0 Å². The van der Waals surface area contributed by atoms with Crippen molar-refractivity contribution in [2.75, 3.05) is 26.8 Å². The summed E-state index contributed by atoms with van der Waals surface area (Å²) < 4.78 is 31.8. The number of ether oxygens (including phenoxy) is 1. The lowest BCUT2D eigenvalue weighted by molar-refractivity contribution is 0.0158. The van der Waals surface area contributed by atoms with Crippen molar-refractivity contribution in [1.82, 2.24) is 5.32 Å². The fraction of sp³-hybridized carbons (Fsp3) is 0.571. The molecule has 0 radical (unpaired) electrons. The van der Waals surface area contributed by atoms with E-state index in [2.05, 4.69) is 5.32 Å². The van der Waals surface area contributed by atoms with Gasteiger partial charge in [-0.1, -0.05) is 0 Å². The monoisotopic (exact) mass is 255 g/mol. The molecule has 1 aliphatic rings. The van der Waals surface area contributed by atoms with E-state index in [0.717, 1.165) is 44.2 Å². The molecule has 1 aliphatic heterocycles. The molecule has 4 heteroatoms. The lowest BCUT2D eigenvalue weighted by Gasteiger charge is -2.37. The molecule has 18 heavy (non-hydrogen) atoms. The van der Waals surface area contributed by atoms with Crippen LogP contribution in [0.15, 0.2) is 18.2 Å². The Kier molecular flexibility index (Phi) is 4.30. The van der Waals surface area contributed by atoms with Crippen molar-refractivity contribution in [2.45, 2.75) is 19.3 Å². The number of hydrogen-bond acceptors (Lipinski definition) is 2. The topological polar surface area (TPSA) is 21.3 Å². The molecule has 1 aromatic rings. The van der Waals surface area contributed by atoms with Crippen LogP contribution in [-0.4, -0.2) is 26.8 Å². The van der Waals surface area contributed by atoms with Gasteiger partial charge in [-0.3, -0.25) is 0 Å². The molecule has 100 valence electrons. The van der Waals surface area contributed by atoms with Crippen molar-refractivity contribution in [3.8, 4) is 0 Å². The summed E-state index contributed by atoms with van der Waals surface area (Å²) in [6.45, 7) is 2.29. The van der Waals surface area contributed by atoms with E-state index in [1.54, 1.807) is 0 Å². The standard InChI is InChI=1S/C14H19F2NO/c1-17-10-14(2-4-18-5-3-14)9-11-6-12(15)8-13(16)7-11/h6-8,17H,2-5,9-10H2,1H3. The van der Waals surface area contributed by atoms with E-state index >= 15 is 0 Å². The maximum atomic E-state index is 13.2. The zero-order valence-electron chi connectivity index (χ0n) is 10.6. The van der Waals surface area contributed by atoms with Crippen LogP contribution in [0, 0.1) is 17.0 Å². The number of benzene rings is 1. The van der Waals surface area contributed by atoms with Crippen LogP contribution < -0.4 is 5.32 Å². The van der Waals surface area contributed by atoms with Gasteiger partial charge in [0.15, 0.2) is 0 Å². The molecule has 0 amide bonds. The highest BCUT2D eigenvalue weighted by Crippen LogP contribution is 2.34. The SMILES string of the molecule is CNCC1(Cc2cc(F)cc(F)c2)CCOCC1. The number of halogens is 2. The second kappa shape index (κ2) is 5.76. The summed E-state index contributed by atoms with van der Waals surface area (Å²) in [5.41, 5.74) is 0.775. The minimum absolute atomic E-state index is 0.0488. The molecular weight excluding hydrogens is 236 g/mol.